The number of sulfonamides is 1. The van der Waals surface area contributed by atoms with Gasteiger partial charge in [0, 0.05) is 30.0 Å². The summed E-state index contributed by atoms with van der Waals surface area (Å²) in [5.41, 5.74) is 0.696. The summed E-state index contributed by atoms with van der Waals surface area (Å²) >= 11 is 1.52. The molecule has 1 aliphatic rings. The number of ether oxygens (including phenoxy) is 5. The Kier molecular flexibility index (Phi) is 6.89. The predicted octanol–water partition coefficient (Wildman–Crippen LogP) is 3.17. The van der Waals surface area contributed by atoms with Crippen LogP contribution in [0.2, 0.25) is 0 Å². The van der Waals surface area contributed by atoms with Gasteiger partial charge in [0.25, 0.3) is 0 Å². The number of hydrogen-bond acceptors (Lipinski definition) is 8. The quantitative estimate of drug-likeness (QED) is 0.600. The van der Waals surface area contributed by atoms with E-state index in [0.29, 0.717) is 46.6 Å². The first-order chi connectivity index (χ1) is 14.4. The third-order valence-corrected chi connectivity index (χ3v) is 8.05. The molecular weight excluding hydrogens is 430 g/mol. The van der Waals surface area contributed by atoms with Crippen LogP contribution < -0.4 is 23.7 Å². The molecule has 2 aromatic carbocycles. The van der Waals surface area contributed by atoms with Crippen molar-refractivity contribution in [2.24, 2.45) is 0 Å². The molecule has 3 rings (SSSR count). The smallest absolute Gasteiger partial charge is 0.244 e. The molecule has 1 fully saturated rings. The van der Waals surface area contributed by atoms with Crippen LogP contribution in [0.5, 0.6) is 28.7 Å². The van der Waals surface area contributed by atoms with E-state index in [2.05, 4.69) is 0 Å². The topological polar surface area (TPSA) is 83.5 Å². The minimum Gasteiger partial charge on any atom is -0.496 e. The Labute approximate surface area is 181 Å². The Morgan fingerprint density at radius 3 is 1.97 bits per heavy atom. The van der Waals surface area contributed by atoms with Gasteiger partial charge in [0.05, 0.1) is 45.8 Å². The van der Waals surface area contributed by atoms with Gasteiger partial charge in [-0.15, -0.1) is 11.8 Å². The Morgan fingerprint density at radius 2 is 1.37 bits per heavy atom. The highest BCUT2D eigenvalue weighted by molar-refractivity contribution is 8.01. The second-order valence-corrected chi connectivity index (χ2v) is 9.38. The van der Waals surface area contributed by atoms with E-state index in [4.69, 9.17) is 23.7 Å². The molecule has 1 aliphatic heterocycles. The summed E-state index contributed by atoms with van der Waals surface area (Å²) in [6.45, 7) is 0.365. The van der Waals surface area contributed by atoms with Crippen LogP contribution in [0.3, 0.4) is 0 Å². The van der Waals surface area contributed by atoms with E-state index in [9.17, 15) is 8.42 Å². The zero-order chi connectivity index (χ0) is 21.9. The van der Waals surface area contributed by atoms with Crippen LogP contribution in [0.15, 0.2) is 35.2 Å². The van der Waals surface area contributed by atoms with Crippen molar-refractivity contribution in [1.82, 2.24) is 4.31 Å². The molecule has 1 heterocycles. The van der Waals surface area contributed by atoms with Crippen LogP contribution >= 0.6 is 11.8 Å². The number of methoxy groups -OCH3 is 5. The lowest BCUT2D eigenvalue weighted by Gasteiger charge is -2.26. The summed E-state index contributed by atoms with van der Waals surface area (Å²) < 4.78 is 55.2. The van der Waals surface area contributed by atoms with E-state index < -0.39 is 15.4 Å². The van der Waals surface area contributed by atoms with Crippen molar-refractivity contribution in [2.75, 3.05) is 47.8 Å². The fraction of sp³-hybridized carbons (Fsp3) is 0.400. The summed E-state index contributed by atoms with van der Waals surface area (Å²) in [5, 5.41) is -0.474. The summed E-state index contributed by atoms with van der Waals surface area (Å²) in [7, 11) is 3.78. The van der Waals surface area contributed by atoms with Crippen molar-refractivity contribution in [3.63, 3.8) is 0 Å². The monoisotopic (exact) mass is 455 g/mol. The van der Waals surface area contributed by atoms with Gasteiger partial charge in [-0.25, -0.2) is 8.42 Å². The van der Waals surface area contributed by atoms with Gasteiger partial charge in [0.15, 0.2) is 23.0 Å². The van der Waals surface area contributed by atoms with Crippen molar-refractivity contribution in [2.45, 2.75) is 10.3 Å². The molecule has 1 atom stereocenters. The summed E-state index contributed by atoms with van der Waals surface area (Å²) in [4.78, 5) is 0.132. The molecule has 2 aromatic rings. The van der Waals surface area contributed by atoms with Crippen LogP contribution in [0.25, 0.3) is 0 Å². The largest absolute Gasteiger partial charge is 0.496 e. The van der Waals surface area contributed by atoms with E-state index in [1.165, 1.54) is 63.7 Å². The molecule has 0 aliphatic carbocycles. The van der Waals surface area contributed by atoms with Crippen LogP contribution in [0, 0.1) is 0 Å². The Morgan fingerprint density at radius 1 is 0.800 bits per heavy atom. The average molecular weight is 456 g/mol. The molecule has 164 valence electrons. The normalized spacial score (nSPS) is 16.9. The highest BCUT2D eigenvalue weighted by Gasteiger charge is 2.39. The van der Waals surface area contributed by atoms with Gasteiger partial charge in [0.1, 0.15) is 5.75 Å². The Bertz CT molecular complexity index is 1010. The third-order valence-electron chi connectivity index (χ3n) is 4.81. The Hall–Kier alpha value is -2.30. The minimum atomic E-state index is -3.80. The zero-order valence-corrected chi connectivity index (χ0v) is 19.1. The predicted molar refractivity (Wildman–Crippen MR) is 115 cm³/mol. The van der Waals surface area contributed by atoms with E-state index in [-0.39, 0.29) is 4.90 Å². The number of nitrogens with zero attached hydrogens (tertiary/aromatic N) is 1. The molecular formula is C20H25NO7S2. The van der Waals surface area contributed by atoms with E-state index in [1.54, 1.807) is 18.2 Å². The van der Waals surface area contributed by atoms with Crippen LogP contribution in [0.4, 0.5) is 0 Å². The van der Waals surface area contributed by atoms with Gasteiger partial charge in [0.2, 0.25) is 10.0 Å². The second-order valence-electron chi connectivity index (χ2n) is 6.30. The molecule has 0 bridgehead atoms. The lowest BCUT2D eigenvalue weighted by atomic mass is 10.1. The summed E-state index contributed by atoms with van der Waals surface area (Å²) in [6, 6.07) is 8.04. The fourth-order valence-electron chi connectivity index (χ4n) is 3.30. The molecule has 10 heteroatoms. The van der Waals surface area contributed by atoms with Crippen molar-refractivity contribution in [1.29, 1.82) is 0 Å². The summed E-state index contributed by atoms with van der Waals surface area (Å²) in [5.74, 6) is 3.00. The number of benzene rings is 2. The second kappa shape index (κ2) is 9.23. The molecule has 30 heavy (non-hydrogen) atoms. The van der Waals surface area contributed by atoms with E-state index in [1.807, 2.05) is 0 Å². The maximum absolute atomic E-state index is 13.5. The zero-order valence-electron chi connectivity index (χ0n) is 17.5. The average Bonchev–Trinajstić information content (AvgIpc) is 3.28. The van der Waals surface area contributed by atoms with E-state index in [0.717, 1.165) is 0 Å². The number of thioether (sulfide) groups is 1. The maximum Gasteiger partial charge on any atom is 0.244 e. The SMILES string of the molecule is COc1ccc(S(=O)(=O)N2CCSC2c2cc(OC)c(OC)cc2OC)cc1OC. The molecule has 0 N–H and O–H groups in total. The lowest BCUT2D eigenvalue weighted by Crippen LogP contribution is -2.30. The van der Waals surface area contributed by atoms with Gasteiger partial charge < -0.3 is 23.7 Å². The van der Waals surface area contributed by atoms with E-state index >= 15 is 0 Å². The molecule has 0 aromatic heterocycles. The fourth-order valence-corrected chi connectivity index (χ4v) is 6.57. The standard InChI is InChI=1S/C20H25NO7S2/c1-24-15-7-6-13(10-17(15)26-3)30(22,23)21-8-9-29-20(21)14-11-18(27-4)19(28-5)12-16(14)25-2/h6-7,10-12,20H,8-9H2,1-5H3. The maximum atomic E-state index is 13.5. The van der Waals surface area contributed by atoms with Gasteiger partial charge in [-0.2, -0.15) is 4.31 Å². The molecule has 0 amide bonds. The third kappa shape index (κ3) is 3.99. The first kappa shape index (κ1) is 22.4. The molecule has 1 saturated heterocycles. The van der Waals surface area contributed by atoms with Gasteiger partial charge in [-0.3, -0.25) is 0 Å². The Balaban J connectivity index is 2.06. The van der Waals surface area contributed by atoms with Crippen molar-refractivity contribution in [3.05, 3.63) is 35.9 Å². The van der Waals surface area contributed by atoms with Crippen LogP contribution in [0.1, 0.15) is 10.9 Å². The number of hydrogen-bond donors (Lipinski definition) is 0. The molecule has 8 nitrogen and oxygen atoms in total. The van der Waals surface area contributed by atoms with Gasteiger partial charge >= 0.3 is 0 Å². The van der Waals surface area contributed by atoms with Crippen molar-refractivity contribution in [3.8, 4) is 28.7 Å². The number of rotatable bonds is 8. The molecule has 0 saturated carbocycles. The van der Waals surface area contributed by atoms with Crippen LogP contribution in [-0.2, 0) is 10.0 Å². The molecule has 0 spiro atoms. The molecule has 0 radical (unpaired) electrons. The highest BCUT2D eigenvalue weighted by Crippen LogP contribution is 2.48. The van der Waals surface area contributed by atoms with Gasteiger partial charge in [-0.1, -0.05) is 0 Å². The van der Waals surface area contributed by atoms with Crippen molar-refractivity contribution < 1.29 is 32.1 Å². The minimum absolute atomic E-state index is 0.132. The van der Waals surface area contributed by atoms with Crippen molar-refractivity contribution >= 4 is 21.8 Å². The van der Waals surface area contributed by atoms with Gasteiger partial charge in [-0.05, 0) is 18.2 Å². The first-order valence-electron chi connectivity index (χ1n) is 9.06. The highest BCUT2D eigenvalue weighted by atomic mass is 32.2. The first-order valence-corrected chi connectivity index (χ1v) is 11.6. The van der Waals surface area contributed by atoms with Crippen LogP contribution in [-0.4, -0.2) is 60.6 Å². The summed E-state index contributed by atoms with van der Waals surface area (Å²) in [6.07, 6.45) is 0. The molecule has 1 unspecified atom stereocenters. The lowest BCUT2D eigenvalue weighted by molar-refractivity contribution is 0.344.